The number of aromatic amines is 1. The van der Waals surface area contributed by atoms with Crippen molar-refractivity contribution in [2.24, 2.45) is 11.3 Å². The number of aromatic nitrogens is 3. The molecular formula is C21H23N5O4. The van der Waals surface area contributed by atoms with Crippen LogP contribution in [0.5, 0.6) is 0 Å². The van der Waals surface area contributed by atoms with Crippen molar-refractivity contribution in [1.29, 1.82) is 0 Å². The van der Waals surface area contributed by atoms with Crippen LogP contribution in [0.25, 0.3) is 11.0 Å². The standard InChI is InChI=1S/C21H23N5O4/c1-12-5-16(13(2)30-12)19(28)25-7-15-8-26(10-21(15,9-25)11-27)20(29)17-4-3-14-6-22-24-18(14)23-17/h3-6,15,27H,7-11H2,1-2H3,(H,22,23,24)/t15-,21+/m1/s1. The second-order valence-corrected chi connectivity index (χ2v) is 8.42. The smallest absolute Gasteiger partial charge is 0.272 e. The molecule has 0 bridgehead atoms. The lowest BCUT2D eigenvalue weighted by atomic mass is 9.82. The highest BCUT2D eigenvalue weighted by atomic mass is 16.3. The molecule has 3 aromatic heterocycles. The summed E-state index contributed by atoms with van der Waals surface area (Å²) in [5.41, 5.74) is 0.957. The van der Waals surface area contributed by atoms with Gasteiger partial charge in [0, 0.05) is 42.9 Å². The van der Waals surface area contributed by atoms with Crippen molar-refractivity contribution in [3.05, 3.63) is 47.2 Å². The van der Waals surface area contributed by atoms with Crippen LogP contribution < -0.4 is 0 Å². The van der Waals surface area contributed by atoms with Gasteiger partial charge in [0.15, 0.2) is 5.65 Å². The Balaban J connectivity index is 1.34. The Hall–Kier alpha value is -3.20. The number of amides is 2. The number of furan rings is 1. The summed E-state index contributed by atoms with van der Waals surface area (Å²) in [7, 11) is 0. The maximum atomic E-state index is 13.0. The fourth-order valence-corrected chi connectivity index (χ4v) is 4.83. The molecule has 2 saturated heterocycles. The van der Waals surface area contributed by atoms with Crippen molar-refractivity contribution in [3.63, 3.8) is 0 Å². The van der Waals surface area contributed by atoms with Gasteiger partial charge in [-0.25, -0.2) is 4.98 Å². The zero-order valence-electron chi connectivity index (χ0n) is 16.9. The molecule has 2 aliphatic rings. The first-order valence-corrected chi connectivity index (χ1v) is 9.97. The van der Waals surface area contributed by atoms with Gasteiger partial charge in [0.2, 0.25) is 0 Å². The van der Waals surface area contributed by atoms with Crippen molar-refractivity contribution >= 4 is 22.8 Å². The number of nitrogens with zero attached hydrogens (tertiary/aromatic N) is 4. The Morgan fingerprint density at radius 1 is 1.23 bits per heavy atom. The van der Waals surface area contributed by atoms with E-state index in [-0.39, 0.29) is 24.3 Å². The molecule has 0 spiro atoms. The molecule has 0 aliphatic carbocycles. The van der Waals surface area contributed by atoms with Crippen molar-refractivity contribution < 1.29 is 19.1 Å². The Labute approximate surface area is 172 Å². The molecule has 2 atom stereocenters. The molecule has 2 aliphatic heterocycles. The van der Waals surface area contributed by atoms with Gasteiger partial charge in [0.25, 0.3) is 11.8 Å². The van der Waals surface area contributed by atoms with E-state index in [0.29, 0.717) is 54.6 Å². The number of nitrogens with one attached hydrogen (secondary N) is 1. The van der Waals surface area contributed by atoms with E-state index >= 15 is 0 Å². The van der Waals surface area contributed by atoms with Crippen LogP contribution in [-0.2, 0) is 0 Å². The number of aryl methyl sites for hydroxylation is 2. The first-order valence-electron chi connectivity index (χ1n) is 9.97. The van der Waals surface area contributed by atoms with Gasteiger partial charge < -0.3 is 19.3 Å². The van der Waals surface area contributed by atoms with E-state index in [0.717, 1.165) is 5.39 Å². The third-order valence-corrected chi connectivity index (χ3v) is 6.44. The Kier molecular flexibility index (Phi) is 4.18. The number of H-pyrrole nitrogens is 1. The number of fused-ring (bicyclic) bond motifs is 2. The van der Waals surface area contributed by atoms with Crippen LogP contribution in [0.3, 0.4) is 0 Å². The summed E-state index contributed by atoms with van der Waals surface area (Å²) in [5, 5.41) is 17.8. The minimum atomic E-state index is -0.518. The fourth-order valence-electron chi connectivity index (χ4n) is 4.83. The molecule has 9 heteroatoms. The first-order chi connectivity index (χ1) is 14.4. The first kappa shape index (κ1) is 18.8. The summed E-state index contributed by atoms with van der Waals surface area (Å²) in [6.07, 6.45) is 1.66. The summed E-state index contributed by atoms with van der Waals surface area (Å²) in [4.78, 5) is 33.9. The van der Waals surface area contributed by atoms with E-state index < -0.39 is 5.41 Å². The molecule has 5 rings (SSSR count). The van der Waals surface area contributed by atoms with Crippen LogP contribution in [0, 0.1) is 25.2 Å². The maximum Gasteiger partial charge on any atom is 0.272 e. The molecular weight excluding hydrogens is 386 g/mol. The highest BCUT2D eigenvalue weighted by Crippen LogP contribution is 2.43. The number of aliphatic hydroxyl groups excluding tert-OH is 1. The molecule has 9 nitrogen and oxygen atoms in total. The summed E-state index contributed by atoms with van der Waals surface area (Å²) >= 11 is 0. The predicted molar refractivity (Wildman–Crippen MR) is 107 cm³/mol. The third-order valence-electron chi connectivity index (χ3n) is 6.44. The lowest BCUT2D eigenvalue weighted by Crippen LogP contribution is -2.40. The topological polar surface area (TPSA) is 116 Å². The normalized spacial score (nSPS) is 23.4. The molecule has 0 saturated carbocycles. The van der Waals surface area contributed by atoms with Gasteiger partial charge in [0.05, 0.1) is 18.4 Å². The van der Waals surface area contributed by atoms with E-state index in [1.54, 1.807) is 35.1 Å². The molecule has 0 aromatic carbocycles. The number of aliphatic hydroxyl groups is 1. The van der Waals surface area contributed by atoms with Crippen LogP contribution in [-0.4, -0.2) is 74.7 Å². The molecule has 3 aromatic rings. The average Bonchev–Trinajstić information content (AvgIpc) is 3.47. The summed E-state index contributed by atoms with van der Waals surface area (Å²) in [5.74, 6) is 1.05. The van der Waals surface area contributed by atoms with E-state index in [2.05, 4.69) is 15.2 Å². The molecule has 156 valence electrons. The Bertz CT molecular complexity index is 1150. The number of pyridine rings is 1. The number of hydrogen-bond donors (Lipinski definition) is 2. The maximum absolute atomic E-state index is 13.0. The predicted octanol–water partition coefficient (Wildman–Crippen LogP) is 1.37. The number of carbonyl (C=O) groups excluding carboxylic acids is 2. The highest BCUT2D eigenvalue weighted by molar-refractivity contribution is 5.96. The van der Waals surface area contributed by atoms with Gasteiger partial charge in [-0.05, 0) is 32.0 Å². The van der Waals surface area contributed by atoms with Crippen LogP contribution in [0.15, 0.2) is 28.8 Å². The molecule has 5 heterocycles. The van der Waals surface area contributed by atoms with Gasteiger partial charge in [-0.15, -0.1) is 0 Å². The fraction of sp³-hybridized carbons (Fsp3) is 0.429. The summed E-state index contributed by atoms with van der Waals surface area (Å²) in [6.45, 7) is 5.30. The van der Waals surface area contributed by atoms with E-state index in [1.807, 2.05) is 13.0 Å². The highest BCUT2D eigenvalue weighted by Gasteiger charge is 2.54. The number of hydrogen-bond acceptors (Lipinski definition) is 6. The lowest BCUT2D eigenvalue weighted by Gasteiger charge is -2.27. The SMILES string of the molecule is Cc1cc(C(=O)N2C[C@@H]3CN(C(=O)c4ccc5cn[nH]c5n4)C[C@]3(CO)C2)c(C)o1. The molecule has 2 fully saturated rings. The second kappa shape index (κ2) is 6.66. The number of likely N-dealkylation sites (tertiary alicyclic amines) is 2. The van der Waals surface area contributed by atoms with Gasteiger partial charge in [-0.2, -0.15) is 5.10 Å². The van der Waals surface area contributed by atoms with Crippen LogP contribution in [0.4, 0.5) is 0 Å². The molecule has 30 heavy (non-hydrogen) atoms. The molecule has 0 unspecified atom stereocenters. The quantitative estimate of drug-likeness (QED) is 0.675. The summed E-state index contributed by atoms with van der Waals surface area (Å²) < 4.78 is 5.50. The van der Waals surface area contributed by atoms with Crippen molar-refractivity contribution in [2.75, 3.05) is 32.8 Å². The molecule has 0 radical (unpaired) electrons. The lowest BCUT2D eigenvalue weighted by molar-refractivity contribution is 0.0663. The summed E-state index contributed by atoms with van der Waals surface area (Å²) in [6, 6.07) is 5.26. The largest absolute Gasteiger partial charge is 0.466 e. The van der Waals surface area contributed by atoms with Gasteiger partial charge >= 0.3 is 0 Å². The zero-order chi connectivity index (χ0) is 21.0. The molecule has 2 amide bonds. The number of carbonyl (C=O) groups is 2. The monoisotopic (exact) mass is 409 g/mol. The average molecular weight is 409 g/mol. The van der Waals surface area contributed by atoms with Gasteiger partial charge in [0.1, 0.15) is 17.2 Å². The van der Waals surface area contributed by atoms with Gasteiger partial charge in [-0.1, -0.05) is 0 Å². The van der Waals surface area contributed by atoms with E-state index in [1.165, 1.54) is 0 Å². The van der Waals surface area contributed by atoms with Crippen LogP contribution in [0.2, 0.25) is 0 Å². The minimum Gasteiger partial charge on any atom is -0.466 e. The Morgan fingerprint density at radius 2 is 1.97 bits per heavy atom. The Morgan fingerprint density at radius 3 is 2.60 bits per heavy atom. The molecule has 2 N–H and O–H groups in total. The minimum absolute atomic E-state index is 0.0135. The van der Waals surface area contributed by atoms with E-state index in [4.69, 9.17) is 4.42 Å². The van der Waals surface area contributed by atoms with Crippen LogP contribution in [0.1, 0.15) is 32.4 Å². The van der Waals surface area contributed by atoms with Crippen molar-refractivity contribution in [1.82, 2.24) is 25.0 Å². The second-order valence-electron chi connectivity index (χ2n) is 8.42. The van der Waals surface area contributed by atoms with E-state index in [9.17, 15) is 14.7 Å². The van der Waals surface area contributed by atoms with Gasteiger partial charge in [-0.3, -0.25) is 14.7 Å². The van der Waals surface area contributed by atoms with Crippen molar-refractivity contribution in [3.8, 4) is 0 Å². The zero-order valence-corrected chi connectivity index (χ0v) is 16.9. The third kappa shape index (κ3) is 2.80. The van der Waals surface area contributed by atoms with Crippen LogP contribution >= 0.6 is 0 Å². The van der Waals surface area contributed by atoms with Crippen molar-refractivity contribution in [2.45, 2.75) is 13.8 Å². The number of rotatable bonds is 3.